The van der Waals surface area contributed by atoms with Crippen LogP contribution in [0.4, 0.5) is 0 Å². The van der Waals surface area contributed by atoms with E-state index in [1.165, 1.54) is 0 Å². The Balaban J connectivity index is 3.01. The second-order valence-electron chi connectivity index (χ2n) is 3.47. The predicted octanol–water partition coefficient (Wildman–Crippen LogP) is 0.796. The van der Waals surface area contributed by atoms with Crippen LogP contribution in [0.2, 0.25) is 0 Å². The van der Waals surface area contributed by atoms with Crippen LogP contribution in [0.1, 0.15) is 16.7 Å². The van der Waals surface area contributed by atoms with Crippen molar-refractivity contribution >= 4 is 18.5 Å². The molecule has 1 aromatic rings. The molecule has 0 unspecified atom stereocenters. The molecule has 0 aliphatic carbocycles. The van der Waals surface area contributed by atoms with E-state index < -0.39 is 5.97 Å². The third-order valence-electron chi connectivity index (χ3n) is 2.11. The van der Waals surface area contributed by atoms with Crippen molar-refractivity contribution in [2.75, 3.05) is 0 Å². The lowest BCUT2D eigenvalue weighted by Gasteiger charge is -2.04. The van der Waals surface area contributed by atoms with Gasteiger partial charge in [0.05, 0.1) is 6.42 Å². The molecule has 84 valence electrons. The highest BCUT2D eigenvalue weighted by Crippen LogP contribution is 2.12. The highest BCUT2D eigenvalue weighted by Gasteiger charge is 2.04. The highest BCUT2D eigenvalue weighted by atomic mass is 16.4. The first kappa shape index (κ1) is 12.1. The van der Waals surface area contributed by atoms with Crippen LogP contribution in [0, 0.1) is 0 Å². The zero-order valence-corrected chi connectivity index (χ0v) is 8.68. The maximum absolute atomic E-state index is 10.6. The number of carboxylic acids is 1. The summed E-state index contributed by atoms with van der Waals surface area (Å²) in [4.78, 5) is 31.4. The van der Waals surface area contributed by atoms with E-state index in [9.17, 15) is 14.4 Å². The van der Waals surface area contributed by atoms with Crippen molar-refractivity contribution < 1.29 is 19.5 Å². The Morgan fingerprint density at radius 1 is 1.00 bits per heavy atom. The normalized spacial score (nSPS) is 9.75. The second kappa shape index (κ2) is 5.80. The fourth-order valence-corrected chi connectivity index (χ4v) is 1.54. The lowest BCUT2D eigenvalue weighted by atomic mass is 10.0. The Morgan fingerprint density at radius 3 is 1.81 bits per heavy atom. The summed E-state index contributed by atoms with van der Waals surface area (Å²) in [6, 6.07) is 5.10. The Hall–Kier alpha value is -1.97. The predicted molar refractivity (Wildman–Crippen MR) is 57.3 cm³/mol. The van der Waals surface area contributed by atoms with Gasteiger partial charge in [-0.3, -0.25) is 4.79 Å². The van der Waals surface area contributed by atoms with E-state index in [0.29, 0.717) is 5.56 Å². The Kier molecular flexibility index (Phi) is 4.39. The molecule has 16 heavy (non-hydrogen) atoms. The lowest BCUT2D eigenvalue weighted by Crippen LogP contribution is -2.02. The number of carbonyl (C=O) groups is 3. The third kappa shape index (κ3) is 3.65. The second-order valence-corrected chi connectivity index (χ2v) is 3.47. The molecular formula is C12H12O4. The molecule has 0 fully saturated rings. The Morgan fingerprint density at radius 2 is 1.44 bits per heavy atom. The van der Waals surface area contributed by atoms with Crippen molar-refractivity contribution in [2.45, 2.75) is 19.3 Å². The molecule has 1 aromatic carbocycles. The van der Waals surface area contributed by atoms with Gasteiger partial charge in [0.15, 0.2) is 0 Å². The van der Waals surface area contributed by atoms with Crippen LogP contribution in [0.15, 0.2) is 18.2 Å². The monoisotopic (exact) mass is 220 g/mol. The molecule has 4 nitrogen and oxygen atoms in total. The van der Waals surface area contributed by atoms with Gasteiger partial charge in [0.1, 0.15) is 12.6 Å². The smallest absolute Gasteiger partial charge is 0.307 e. The van der Waals surface area contributed by atoms with Gasteiger partial charge in [-0.05, 0) is 16.7 Å². The zero-order valence-electron chi connectivity index (χ0n) is 8.68. The number of aliphatic carboxylic acids is 1. The van der Waals surface area contributed by atoms with Gasteiger partial charge >= 0.3 is 5.97 Å². The van der Waals surface area contributed by atoms with Gasteiger partial charge in [-0.2, -0.15) is 0 Å². The summed E-state index contributed by atoms with van der Waals surface area (Å²) in [7, 11) is 0. The average molecular weight is 220 g/mol. The number of aldehydes is 2. The van der Waals surface area contributed by atoms with Gasteiger partial charge in [-0.1, -0.05) is 18.2 Å². The SMILES string of the molecule is O=CCc1cc(CC=O)cc(CC(=O)O)c1. The van der Waals surface area contributed by atoms with E-state index >= 15 is 0 Å². The molecular weight excluding hydrogens is 208 g/mol. The van der Waals surface area contributed by atoms with Crippen LogP contribution in [-0.2, 0) is 33.6 Å². The zero-order chi connectivity index (χ0) is 12.0. The minimum Gasteiger partial charge on any atom is -0.481 e. The molecule has 1 N–H and O–H groups in total. The van der Waals surface area contributed by atoms with Crippen LogP contribution in [0.5, 0.6) is 0 Å². The summed E-state index contributed by atoms with van der Waals surface area (Å²) in [6.45, 7) is 0. The summed E-state index contributed by atoms with van der Waals surface area (Å²) in [6.07, 6.45) is 1.88. The average Bonchev–Trinajstić information content (AvgIpc) is 2.17. The summed E-state index contributed by atoms with van der Waals surface area (Å²) in [5.41, 5.74) is 2.10. The fourth-order valence-electron chi connectivity index (χ4n) is 1.54. The van der Waals surface area contributed by atoms with Crippen molar-refractivity contribution in [2.24, 2.45) is 0 Å². The summed E-state index contributed by atoms with van der Waals surface area (Å²) < 4.78 is 0. The highest BCUT2D eigenvalue weighted by molar-refractivity contribution is 5.70. The number of hydrogen-bond acceptors (Lipinski definition) is 3. The molecule has 1 rings (SSSR count). The van der Waals surface area contributed by atoms with Gasteiger partial charge in [-0.25, -0.2) is 0 Å². The Labute approximate surface area is 92.9 Å². The molecule has 0 spiro atoms. The van der Waals surface area contributed by atoms with Crippen LogP contribution >= 0.6 is 0 Å². The number of rotatable bonds is 6. The molecule has 0 aromatic heterocycles. The summed E-state index contributed by atoms with van der Waals surface area (Å²) in [5.74, 6) is -0.930. The number of carbonyl (C=O) groups excluding carboxylic acids is 2. The first-order chi connectivity index (χ1) is 7.65. The maximum atomic E-state index is 10.6. The van der Waals surface area contributed by atoms with Crippen molar-refractivity contribution in [3.05, 3.63) is 34.9 Å². The van der Waals surface area contributed by atoms with E-state index in [1.807, 2.05) is 0 Å². The van der Waals surface area contributed by atoms with Crippen molar-refractivity contribution in [1.29, 1.82) is 0 Å². The van der Waals surface area contributed by atoms with Gasteiger partial charge in [-0.15, -0.1) is 0 Å². The molecule has 0 radical (unpaired) electrons. The fraction of sp³-hybridized carbons (Fsp3) is 0.250. The molecule has 0 aliphatic rings. The van der Waals surface area contributed by atoms with E-state index in [2.05, 4.69) is 0 Å². The molecule has 0 saturated heterocycles. The molecule has 0 atom stereocenters. The van der Waals surface area contributed by atoms with Gasteiger partial charge in [0.2, 0.25) is 0 Å². The van der Waals surface area contributed by atoms with Crippen molar-refractivity contribution in [1.82, 2.24) is 0 Å². The quantitative estimate of drug-likeness (QED) is 0.720. The van der Waals surface area contributed by atoms with E-state index in [-0.39, 0.29) is 19.3 Å². The molecule has 0 amide bonds. The van der Waals surface area contributed by atoms with E-state index in [1.54, 1.807) is 18.2 Å². The first-order valence-corrected chi connectivity index (χ1v) is 4.86. The van der Waals surface area contributed by atoms with Crippen LogP contribution in [-0.4, -0.2) is 23.6 Å². The number of hydrogen-bond donors (Lipinski definition) is 1. The molecule has 0 aliphatic heterocycles. The van der Waals surface area contributed by atoms with Crippen LogP contribution in [0.25, 0.3) is 0 Å². The molecule has 0 saturated carbocycles. The number of benzene rings is 1. The van der Waals surface area contributed by atoms with Gasteiger partial charge in [0, 0.05) is 12.8 Å². The molecule has 0 bridgehead atoms. The third-order valence-corrected chi connectivity index (χ3v) is 2.11. The standard InChI is InChI=1S/C12H12O4/c13-3-1-9-5-10(2-4-14)7-11(6-9)8-12(15)16/h3-7H,1-2,8H2,(H,15,16). The van der Waals surface area contributed by atoms with E-state index in [4.69, 9.17) is 5.11 Å². The molecule has 0 heterocycles. The minimum atomic E-state index is -0.930. The largest absolute Gasteiger partial charge is 0.481 e. The summed E-state index contributed by atoms with van der Waals surface area (Å²) in [5, 5.41) is 8.67. The van der Waals surface area contributed by atoms with Crippen molar-refractivity contribution in [3.63, 3.8) is 0 Å². The first-order valence-electron chi connectivity index (χ1n) is 4.86. The van der Waals surface area contributed by atoms with Gasteiger partial charge < -0.3 is 14.7 Å². The van der Waals surface area contributed by atoms with E-state index in [0.717, 1.165) is 23.7 Å². The maximum Gasteiger partial charge on any atom is 0.307 e. The molecule has 4 heteroatoms. The van der Waals surface area contributed by atoms with Crippen LogP contribution < -0.4 is 0 Å². The van der Waals surface area contributed by atoms with Crippen molar-refractivity contribution in [3.8, 4) is 0 Å². The van der Waals surface area contributed by atoms with Gasteiger partial charge in [0.25, 0.3) is 0 Å². The topological polar surface area (TPSA) is 71.4 Å². The lowest BCUT2D eigenvalue weighted by molar-refractivity contribution is -0.136. The Bertz CT molecular complexity index is 381. The summed E-state index contributed by atoms with van der Waals surface area (Å²) >= 11 is 0. The number of carboxylic acid groups (broad SMARTS) is 1. The minimum absolute atomic E-state index is 0.0987. The van der Waals surface area contributed by atoms with Crippen LogP contribution in [0.3, 0.4) is 0 Å².